The van der Waals surface area contributed by atoms with Crippen LogP contribution in [-0.2, 0) is 0 Å². The number of nitrogens with one attached hydrogen (secondary N) is 1. The Labute approximate surface area is 192 Å². The van der Waals surface area contributed by atoms with Crippen LogP contribution in [0.5, 0.6) is 5.75 Å². The van der Waals surface area contributed by atoms with Crippen LogP contribution in [0.25, 0.3) is 16.9 Å². The Kier molecular flexibility index (Phi) is 6.22. The first-order valence-corrected chi connectivity index (χ1v) is 10.4. The molecule has 33 heavy (non-hydrogen) atoms. The topological polar surface area (TPSA) is 76.5 Å². The summed E-state index contributed by atoms with van der Waals surface area (Å²) in [7, 11) is 4.99. The third kappa shape index (κ3) is 4.77. The van der Waals surface area contributed by atoms with Crippen LogP contribution in [0.15, 0.2) is 85.1 Å². The number of anilines is 1. The molecule has 4 aromatic rings. The number of carbonyl (C=O) groups excluding carboxylic acids is 2. The SMILES string of the molecule is COc1cccc(-c2nn(-c3ccccc3)cc2C(=O)Nc2ccc(C(=O)N(C)C)cc2)c1. The molecule has 0 radical (unpaired) electrons. The molecule has 1 aromatic heterocycles. The number of para-hydroxylation sites is 1. The Balaban J connectivity index is 1.68. The molecule has 0 atom stereocenters. The van der Waals surface area contributed by atoms with Gasteiger partial charge in [0.2, 0.25) is 0 Å². The summed E-state index contributed by atoms with van der Waals surface area (Å²) in [6.45, 7) is 0. The van der Waals surface area contributed by atoms with Crippen molar-refractivity contribution in [2.75, 3.05) is 26.5 Å². The number of hydrogen-bond acceptors (Lipinski definition) is 4. The Morgan fingerprint density at radius 3 is 2.33 bits per heavy atom. The number of aromatic nitrogens is 2. The van der Waals surface area contributed by atoms with E-state index in [1.54, 1.807) is 56.3 Å². The second kappa shape index (κ2) is 9.40. The van der Waals surface area contributed by atoms with Crippen molar-refractivity contribution >= 4 is 17.5 Å². The summed E-state index contributed by atoms with van der Waals surface area (Å²) >= 11 is 0. The van der Waals surface area contributed by atoms with E-state index in [4.69, 9.17) is 9.84 Å². The lowest BCUT2D eigenvalue weighted by molar-refractivity contribution is 0.0827. The van der Waals surface area contributed by atoms with Gasteiger partial charge in [-0.1, -0.05) is 30.3 Å². The fourth-order valence-corrected chi connectivity index (χ4v) is 3.39. The van der Waals surface area contributed by atoms with Crippen LogP contribution in [-0.4, -0.2) is 47.7 Å². The number of ether oxygens (including phenoxy) is 1. The minimum absolute atomic E-state index is 0.0997. The second-order valence-electron chi connectivity index (χ2n) is 7.63. The van der Waals surface area contributed by atoms with Crippen LogP contribution in [0, 0.1) is 0 Å². The molecule has 2 amide bonds. The lowest BCUT2D eigenvalue weighted by Crippen LogP contribution is -2.21. The van der Waals surface area contributed by atoms with E-state index >= 15 is 0 Å². The minimum atomic E-state index is -0.304. The highest BCUT2D eigenvalue weighted by Crippen LogP contribution is 2.27. The largest absolute Gasteiger partial charge is 0.497 e. The first kappa shape index (κ1) is 21.8. The van der Waals surface area contributed by atoms with E-state index in [0.717, 1.165) is 11.3 Å². The Bertz CT molecular complexity index is 1280. The van der Waals surface area contributed by atoms with Gasteiger partial charge in [-0.05, 0) is 48.5 Å². The van der Waals surface area contributed by atoms with Gasteiger partial charge in [0.05, 0.1) is 18.4 Å². The normalized spacial score (nSPS) is 10.5. The van der Waals surface area contributed by atoms with Crippen molar-refractivity contribution in [3.63, 3.8) is 0 Å². The second-order valence-corrected chi connectivity index (χ2v) is 7.63. The van der Waals surface area contributed by atoms with E-state index in [1.807, 2.05) is 54.6 Å². The molecule has 0 aliphatic heterocycles. The molecule has 4 rings (SSSR count). The van der Waals surface area contributed by atoms with E-state index in [-0.39, 0.29) is 11.8 Å². The van der Waals surface area contributed by atoms with Crippen molar-refractivity contribution in [3.8, 4) is 22.7 Å². The zero-order chi connectivity index (χ0) is 23.4. The zero-order valence-corrected chi connectivity index (χ0v) is 18.6. The molecule has 0 fully saturated rings. The first-order valence-electron chi connectivity index (χ1n) is 10.4. The van der Waals surface area contributed by atoms with Crippen molar-refractivity contribution in [2.45, 2.75) is 0 Å². The van der Waals surface area contributed by atoms with Crippen LogP contribution in [0.2, 0.25) is 0 Å². The van der Waals surface area contributed by atoms with E-state index in [1.165, 1.54) is 4.90 Å². The molecular formula is C26H24N4O3. The summed E-state index contributed by atoms with van der Waals surface area (Å²) in [5, 5.41) is 7.60. The van der Waals surface area contributed by atoms with Crippen LogP contribution < -0.4 is 10.1 Å². The van der Waals surface area contributed by atoms with E-state index in [9.17, 15) is 9.59 Å². The fourth-order valence-electron chi connectivity index (χ4n) is 3.39. The van der Waals surface area contributed by atoms with Crippen LogP contribution >= 0.6 is 0 Å². The van der Waals surface area contributed by atoms with Crippen molar-refractivity contribution < 1.29 is 14.3 Å². The number of hydrogen-bond donors (Lipinski definition) is 1. The van der Waals surface area contributed by atoms with Gasteiger partial charge in [0.1, 0.15) is 11.4 Å². The molecule has 7 heteroatoms. The van der Waals surface area contributed by atoms with E-state index in [0.29, 0.717) is 28.3 Å². The van der Waals surface area contributed by atoms with Crippen molar-refractivity contribution in [2.24, 2.45) is 0 Å². The van der Waals surface area contributed by atoms with Gasteiger partial charge in [-0.25, -0.2) is 4.68 Å². The molecule has 0 bridgehead atoms. The first-order chi connectivity index (χ1) is 16.0. The quantitative estimate of drug-likeness (QED) is 0.479. The third-order valence-corrected chi connectivity index (χ3v) is 5.12. The molecule has 0 aliphatic rings. The Morgan fingerprint density at radius 2 is 1.67 bits per heavy atom. The van der Waals surface area contributed by atoms with Gasteiger partial charge in [0, 0.05) is 37.1 Å². The molecule has 0 saturated carbocycles. The molecular weight excluding hydrogens is 416 g/mol. The molecule has 3 aromatic carbocycles. The number of rotatable bonds is 6. The number of nitrogens with zero attached hydrogens (tertiary/aromatic N) is 3. The molecule has 0 aliphatic carbocycles. The Morgan fingerprint density at radius 1 is 0.939 bits per heavy atom. The summed E-state index contributed by atoms with van der Waals surface area (Å²) in [6, 6.07) is 23.8. The predicted octanol–water partition coefficient (Wildman–Crippen LogP) is 4.50. The molecule has 166 valence electrons. The smallest absolute Gasteiger partial charge is 0.259 e. The third-order valence-electron chi connectivity index (χ3n) is 5.12. The zero-order valence-electron chi connectivity index (χ0n) is 18.6. The Hall–Kier alpha value is -4.39. The van der Waals surface area contributed by atoms with Crippen LogP contribution in [0.4, 0.5) is 5.69 Å². The van der Waals surface area contributed by atoms with Crippen molar-refractivity contribution in [1.29, 1.82) is 0 Å². The van der Waals surface area contributed by atoms with Crippen LogP contribution in [0.3, 0.4) is 0 Å². The van der Waals surface area contributed by atoms with Gasteiger partial charge in [0.25, 0.3) is 11.8 Å². The average Bonchev–Trinajstić information content (AvgIpc) is 3.30. The summed E-state index contributed by atoms with van der Waals surface area (Å²) in [4.78, 5) is 26.9. The highest BCUT2D eigenvalue weighted by atomic mass is 16.5. The number of benzene rings is 3. The maximum absolute atomic E-state index is 13.3. The highest BCUT2D eigenvalue weighted by Gasteiger charge is 2.19. The van der Waals surface area contributed by atoms with Gasteiger partial charge >= 0.3 is 0 Å². The summed E-state index contributed by atoms with van der Waals surface area (Å²) in [5.74, 6) is 0.272. The van der Waals surface area contributed by atoms with Gasteiger partial charge in [-0.15, -0.1) is 0 Å². The predicted molar refractivity (Wildman–Crippen MR) is 128 cm³/mol. The van der Waals surface area contributed by atoms with E-state index < -0.39 is 0 Å². The standard InChI is InChI=1S/C26H24N4O3/c1-29(2)26(32)18-12-14-20(15-13-18)27-25(31)23-17-30(21-9-5-4-6-10-21)28-24(23)19-8-7-11-22(16-19)33-3/h4-17H,1-3H3,(H,27,31). The number of carbonyl (C=O) groups is 2. The van der Waals surface area contributed by atoms with Crippen molar-refractivity contribution in [1.82, 2.24) is 14.7 Å². The maximum Gasteiger partial charge on any atom is 0.259 e. The van der Waals surface area contributed by atoms with Gasteiger partial charge in [0.15, 0.2) is 0 Å². The summed E-state index contributed by atoms with van der Waals surface area (Å²) in [5.41, 5.74) is 3.69. The molecule has 0 spiro atoms. The van der Waals surface area contributed by atoms with Gasteiger partial charge in [-0.2, -0.15) is 5.10 Å². The summed E-state index contributed by atoms with van der Waals surface area (Å²) < 4.78 is 7.03. The maximum atomic E-state index is 13.3. The van der Waals surface area contributed by atoms with Gasteiger partial charge < -0.3 is 15.0 Å². The molecule has 1 N–H and O–H groups in total. The van der Waals surface area contributed by atoms with Gasteiger partial charge in [-0.3, -0.25) is 9.59 Å². The highest BCUT2D eigenvalue weighted by molar-refractivity contribution is 6.08. The lowest BCUT2D eigenvalue weighted by Gasteiger charge is -2.11. The fraction of sp³-hybridized carbons (Fsp3) is 0.115. The van der Waals surface area contributed by atoms with E-state index in [2.05, 4.69) is 5.32 Å². The average molecular weight is 441 g/mol. The molecule has 7 nitrogen and oxygen atoms in total. The number of methoxy groups -OCH3 is 1. The monoisotopic (exact) mass is 440 g/mol. The number of amides is 2. The molecule has 1 heterocycles. The molecule has 0 saturated heterocycles. The lowest BCUT2D eigenvalue weighted by atomic mass is 10.1. The minimum Gasteiger partial charge on any atom is -0.497 e. The molecule has 0 unspecified atom stereocenters. The van der Waals surface area contributed by atoms with Crippen molar-refractivity contribution in [3.05, 3.63) is 96.2 Å². The van der Waals surface area contributed by atoms with Crippen LogP contribution in [0.1, 0.15) is 20.7 Å². The summed E-state index contributed by atoms with van der Waals surface area (Å²) in [6.07, 6.45) is 1.71.